The van der Waals surface area contributed by atoms with Gasteiger partial charge in [-0.05, 0) is 56.2 Å². The van der Waals surface area contributed by atoms with Crippen LogP contribution in [0.4, 0.5) is 0 Å². The van der Waals surface area contributed by atoms with Crippen molar-refractivity contribution in [3.8, 4) is 5.75 Å². The zero-order chi connectivity index (χ0) is 14.7. The minimum atomic E-state index is -0.410. The van der Waals surface area contributed by atoms with Crippen molar-refractivity contribution in [3.05, 3.63) is 29.8 Å². The molecule has 1 aliphatic heterocycles. The summed E-state index contributed by atoms with van der Waals surface area (Å²) in [6.07, 6.45) is 6.39. The fourth-order valence-electron chi connectivity index (χ4n) is 3.93. The second-order valence-electron chi connectivity index (χ2n) is 6.44. The number of hydrogen-bond donors (Lipinski definition) is 1. The van der Waals surface area contributed by atoms with Crippen LogP contribution in [0.2, 0.25) is 0 Å². The number of aliphatic hydroxyl groups excluding tert-OH is 1. The molecular weight excluding hydrogens is 264 g/mol. The van der Waals surface area contributed by atoms with E-state index in [0.717, 1.165) is 43.6 Å². The standard InChI is InChI=1S/C18H26O3/c1-2-20-16-7-5-6-14(12-16)17(19)15-8-11-21-18(13-15)9-3-4-10-18/h5-7,12,15,17,19H,2-4,8-11,13H2,1H3. The fraction of sp³-hybridized carbons (Fsp3) is 0.667. The summed E-state index contributed by atoms with van der Waals surface area (Å²) >= 11 is 0. The first kappa shape index (κ1) is 14.9. The van der Waals surface area contributed by atoms with Crippen molar-refractivity contribution in [2.24, 2.45) is 5.92 Å². The van der Waals surface area contributed by atoms with Gasteiger partial charge in [0.25, 0.3) is 0 Å². The SMILES string of the molecule is CCOc1cccc(C(O)C2CCOC3(CCCC3)C2)c1. The molecule has 2 fully saturated rings. The van der Waals surface area contributed by atoms with Gasteiger partial charge in [-0.3, -0.25) is 0 Å². The van der Waals surface area contributed by atoms with Crippen molar-refractivity contribution < 1.29 is 14.6 Å². The van der Waals surface area contributed by atoms with Gasteiger partial charge >= 0.3 is 0 Å². The zero-order valence-corrected chi connectivity index (χ0v) is 12.9. The van der Waals surface area contributed by atoms with E-state index >= 15 is 0 Å². The molecule has 0 bridgehead atoms. The second-order valence-corrected chi connectivity index (χ2v) is 6.44. The van der Waals surface area contributed by atoms with E-state index in [9.17, 15) is 5.11 Å². The molecule has 0 radical (unpaired) electrons. The molecule has 1 aromatic rings. The third-order valence-corrected chi connectivity index (χ3v) is 5.00. The summed E-state index contributed by atoms with van der Waals surface area (Å²) in [4.78, 5) is 0. The first-order chi connectivity index (χ1) is 10.2. The minimum Gasteiger partial charge on any atom is -0.494 e. The highest BCUT2D eigenvalue weighted by Crippen LogP contribution is 2.45. The third kappa shape index (κ3) is 3.24. The van der Waals surface area contributed by atoms with Crippen molar-refractivity contribution in [2.45, 2.75) is 57.2 Å². The lowest BCUT2D eigenvalue weighted by Gasteiger charge is -2.40. The highest BCUT2D eigenvalue weighted by Gasteiger charge is 2.41. The Morgan fingerprint density at radius 3 is 2.95 bits per heavy atom. The highest BCUT2D eigenvalue weighted by atomic mass is 16.5. The first-order valence-corrected chi connectivity index (χ1v) is 8.27. The smallest absolute Gasteiger partial charge is 0.119 e. The lowest BCUT2D eigenvalue weighted by Crippen LogP contribution is -2.39. The van der Waals surface area contributed by atoms with Crippen LogP contribution in [-0.2, 0) is 4.74 Å². The summed E-state index contributed by atoms with van der Waals surface area (Å²) in [5.41, 5.74) is 1.03. The molecule has 1 heterocycles. The number of rotatable bonds is 4. The molecule has 1 aromatic carbocycles. The molecule has 0 aromatic heterocycles. The second kappa shape index (κ2) is 6.37. The summed E-state index contributed by atoms with van der Waals surface area (Å²) in [5, 5.41) is 10.8. The molecule has 3 rings (SSSR count). The molecule has 1 saturated carbocycles. The van der Waals surface area contributed by atoms with Crippen LogP contribution in [0, 0.1) is 5.92 Å². The molecule has 1 aliphatic carbocycles. The molecule has 2 atom stereocenters. The van der Waals surface area contributed by atoms with E-state index in [1.54, 1.807) is 0 Å². The van der Waals surface area contributed by atoms with Gasteiger partial charge in [0.05, 0.1) is 18.3 Å². The maximum absolute atomic E-state index is 10.8. The van der Waals surface area contributed by atoms with Crippen molar-refractivity contribution in [2.75, 3.05) is 13.2 Å². The average Bonchev–Trinajstić information content (AvgIpc) is 2.95. The fourth-order valence-corrected chi connectivity index (χ4v) is 3.93. The van der Waals surface area contributed by atoms with Crippen LogP contribution < -0.4 is 4.74 Å². The summed E-state index contributed by atoms with van der Waals surface area (Å²) in [5.74, 6) is 1.14. The Morgan fingerprint density at radius 2 is 2.19 bits per heavy atom. The topological polar surface area (TPSA) is 38.7 Å². The van der Waals surface area contributed by atoms with Gasteiger partial charge in [-0.1, -0.05) is 25.0 Å². The Bertz CT molecular complexity index is 465. The third-order valence-electron chi connectivity index (χ3n) is 5.00. The number of benzene rings is 1. The lowest BCUT2D eigenvalue weighted by atomic mass is 9.80. The van der Waals surface area contributed by atoms with E-state index in [0.29, 0.717) is 12.5 Å². The van der Waals surface area contributed by atoms with Gasteiger partial charge in [-0.15, -0.1) is 0 Å². The van der Waals surface area contributed by atoms with Crippen LogP contribution in [0.3, 0.4) is 0 Å². The van der Waals surface area contributed by atoms with Crippen LogP contribution in [0.1, 0.15) is 57.1 Å². The molecule has 1 N–H and O–H groups in total. The minimum absolute atomic E-state index is 0.0570. The number of aliphatic hydroxyl groups is 1. The Kier molecular flexibility index (Phi) is 4.51. The van der Waals surface area contributed by atoms with Crippen LogP contribution in [0.25, 0.3) is 0 Å². The van der Waals surface area contributed by atoms with Crippen molar-refractivity contribution in [1.29, 1.82) is 0 Å². The largest absolute Gasteiger partial charge is 0.494 e. The molecule has 0 amide bonds. The van der Waals surface area contributed by atoms with Crippen LogP contribution in [0.15, 0.2) is 24.3 Å². The molecular formula is C18H26O3. The van der Waals surface area contributed by atoms with E-state index in [1.807, 2.05) is 31.2 Å². The first-order valence-electron chi connectivity index (χ1n) is 8.27. The number of hydrogen-bond acceptors (Lipinski definition) is 3. The van der Waals surface area contributed by atoms with E-state index < -0.39 is 6.10 Å². The van der Waals surface area contributed by atoms with Crippen molar-refractivity contribution >= 4 is 0 Å². The summed E-state index contributed by atoms with van der Waals surface area (Å²) in [7, 11) is 0. The predicted molar refractivity (Wildman–Crippen MR) is 82.4 cm³/mol. The molecule has 1 spiro atoms. The monoisotopic (exact) mass is 290 g/mol. The van der Waals surface area contributed by atoms with Crippen LogP contribution in [-0.4, -0.2) is 23.9 Å². The van der Waals surface area contributed by atoms with Crippen molar-refractivity contribution in [1.82, 2.24) is 0 Å². The lowest BCUT2D eigenvalue weighted by molar-refractivity contribution is -0.113. The molecule has 2 aliphatic rings. The van der Waals surface area contributed by atoms with E-state index in [2.05, 4.69) is 0 Å². The maximum atomic E-state index is 10.8. The highest BCUT2D eigenvalue weighted by molar-refractivity contribution is 5.30. The molecule has 116 valence electrons. The molecule has 1 saturated heterocycles. The predicted octanol–water partition coefficient (Wildman–Crippen LogP) is 3.86. The van der Waals surface area contributed by atoms with Crippen LogP contribution >= 0.6 is 0 Å². The van der Waals surface area contributed by atoms with Gasteiger partial charge in [0.2, 0.25) is 0 Å². The Hall–Kier alpha value is -1.06. The summed E-state index contributed by atoms with van der Waals surface area (Å²) < 4.78 is 11.6. The number of ether oxygens (including phenoxy) is 2. The summed E-state index contributed by atoms with van der Waals surface area (Å²) in [6, 6.07) is 7.89. The Labute approximate surface area is 127 Å². The van der Waals surface area contributed by atoms with Gasteiger partial charge in [0.15, 0.2) is 0 Å². The average molecular weight is 290 g/mol. The van der Waals surface area contributed by atoms with Gasteiger partial charge in [0.1, 0.15) is 5.75 Å². The summed E-state index contributed by atoms with van der Waals surface area (Å²) in [6.45, 7) is 3.41. The van der Waals surface area contributed by atoms with Gasteiger partial charge in [0, 0.05) is 6.61 Å². The Morgan fingerprint density at radius 1 is 1.38 bits per heavy atom. The molecule has 2 unspecified atom stereocenters. The quantitative estimate of drug-likeness (QED) is 0.915. The Balaban J connectivity index is 1.72. The molecule has 3 heteroatoms. The maximum Gasteiger partial charge on any atom is 0.119 e. The molecule has 3 nitrogen and oxygen atoms in total. The van der Waals surface area contributed by atoms with Crippen LogP contribution in [0.5, 0.6) is 5.75 Å². The van der Waals surface area contributed by atoms with Gasteiger partial charge in [-0.25, -0.2) is 0 Å². The van der Waals surface area contributed by atoms with E-state index in [4.69, 9.17) is 9.47 Å². The van der Waals surface area contributed by atoms with Gasteiger partial charge < -0.3 is 14.6 Å². The van der Waals surface area contributed by atoms with Gasteiger partial charge in [-0.2, -0.15) is 0 Å². The van der Waals surface area contributed by atoms with E-state index in [1.165, 1.54) is 12.8 Å². The normalized spacial score (nSPS) is 25.9. The van der Waals surface area contributed by atoms with Crippen molar-refractivity contribution in [3.63, 3.8) is 0 Å². The van der Waals surface area contributed by atoms with E-state index in [-0.39, 0.29) is 5.60 Å². The molecule has 21 heavy (non-hydrogen) atoms. The zero-order valence-electron chi connectivity index (χ0n) is 12.9.